The smallest absolute Gasteiger partial charge is 0.332 e. The Hall–Kier alpha value is -1.47. The molecule has 6 nitrogen and oxygen atoms in total. The van der Waals surface area contributed by atoms with Gasteiger partial charge in [-0.15, -0.1) is 0 Å². The highest BCUT2D eigenvalue weighted by Crippen LogP contribution is 2.22. The first kappa shape index (κ1) is 15.4. The van der Waals surface area contributed by atoms with Crippen LogP contribution in [0.3, 0.4) is 0 Å². The van der Waals surface area contributed by atoms with E-state index in [-0.39, 0.29) is 5.56 Å². The van der Waals surface area contributed by atoms with Crippen LogP contribution in [0.5, 0.6) is 0 Å². The Kier molecular flexibility index (Phi) is 4.73. The fourth-order valence-electron chi connectivity index (χ4n) is 3.15. The van der Waals surface area contributed by atoms with Gasteiger partial charge in [0, 0.05) is 12.1 Å². The van der Waals surface area contributed by atoms with Crippen LogP contribution in [0.1, 0.15) is 38.5 Å². The van der Waals surface area contributed by atoms with Gasteiger partial charge in [0.2, 0.25) is 0 Å². The molecule has 0 spiro atoms. The molecule has 1 aromatic heterocycles. The van der Waals surface area contributed by atoms with E-state index >= 15 is 0 Å². The van der Waals surface area contributed by atoms with E-state index in [1.165, 1.54) is 63.0 Å². The van der Waals surface area contributed by atoms with E-state index in [4.69, 9.17) is 0 Å². The third-order valence-corrected chi connectivity index (χ3v) is 5.43. The SMILES string of the molecule is COC(=O)C=c1sc2n(c1=O)CN(C1CCCCCC1)CN=2. The van der Waals surface area contributed by atoms with Crippen LogP contribution in [0.15, 0.2) is 9.79 Å². The summed E-state index contributed by atoms with van der Waals surface area (Å²) in [6, 6.07) is 0.513. The number of carbonyl (C=O) groups is 1. The Morgan fingerprint density at radius 3 is 2.73 bits per heavy atom. The molecule has 2 aliphatic rings. The van der Waals surface area contributed by atoms with Gasteiger partial charge in [-0.1, -0.05) is 37.0 Å². The predicted octanol–water partition coefficient (Wildman–Crippen LogP) is 0.436. The Labute approximate surface area is 132 Å². The number of esters is 1. The Balaban J connectivity index is 1.85. The molecular formula is C15H21N3O3S. The molecule has 1 aliphatic heterocycles. The molecule has 1 saturated carbocycles. The molecule has 3 rings (SSSR count). The lowest BCUT2D eigenvalue weighted by molar-refractivity contribution is -0.133. The highest BCUT2D eigenvalue weighted by atomic mass is 32.1. The number of nitrogens with zero attached hydrogens (tertiary/aromatic N) is 3. The van der Waals surface area contributed by atoms with Crippen molar-refractivity contribution in [3.05, 3.63) is 19.7 Å². The van der Waals surface area contributed by atoms with Crippen molar-refractivity contribution in [2.45, 2.75) is 51.2 Å². The van der Waals surface area contributed by atoms with Gasteiger partial charge in [0.25, 0.3) is 5.56 Å². The zero-order valence-electron chi connectivity index (χ0n) is 12.8. The number of methoxy groups -OCH3 is 1. The molecule has 7 heteroatoms. The molecule has 1 fully saturated rings. The second-order valence-corrected chi connectivity index (χ2v) is 6.83. The molecule has 1 aromatic rings. The first-order chi connectivity index (χ1) is 10.7. The summed E-state index contributed by atoms with van der Waals surface area (Å²) < 4.78 is 6.67. The van der Waals surface area contributed by atoms with Crippen molar-refractivity contribution in [3.63, 3.8) is 0 Å². The van der Waals surface area contributed by atoms with Gasteiger partial charge in [0.05, 0.1) is 20.4 Å². The predicted molar refractivity (Wildman–Crippen MR) is 84.0 cm³/mol. The molecule has 22 heavy (non-hydrogen) atoms. The van der Waals surface area contributed by atoms with Crippen LogP contribution in [-0.4, -0.2) is 35.3 Å². The second kappa shape index (κ2) is 6.75. The van der Waals surface area contributed by atoms with E-state index in [2.05, 4.69) is 14.6 Å². The Bertz CT molecular complexity index is 713. The molecule has 0 N–H and O–H groups in total. The fraction of sp³-hybridized carbons (Fsp3) is 0.667. The molecule has 120 valence electrons. The highest BCUT2D eigenvalue weighted by molar-refractivity contribution is 7.07. The minimum Gasteiger partial charge on any atom is -0.466 e. The number of ether oxygens (including phenoxy) is 1. The normalized spacial score (nSPS) is 21.0. The molecule has 0 bridgehead atoms. The third kappa shape index (κ3) is 3.15. The minimum absolute atomic E-state index is 0.146. The molecular weight excluding hydrogens is 302 g/mol. The summed E-state index contributed by atoms with van der Waals surface area (Å²) >= 11 is 1.26. The Morgan fingerprint density at radius 2 is 2.05 bits per heavy atom. The van der Waals surface area contributed by atoms with Crippen LogP contribution in [0.2, 0.25) is 0 Å². The van der Waals surface area contributed by atoms with E-state index in [0.717, 1.165) is 0 Å². The zero-order chi connectivity index (χ0) is 15.5. The van der Waals surface area contributed by atoms with Crippen LogP contribution < -0.4 is 14.9 Å². The first-order valence-electron chi connectivity index (χ1n) is 7.77. The van der Waals surface area contributed by atoms with Crippen LogP contribution in [0.4, 0.5) is 0 Å². The van der Waals surface area contributed by atoms with Crippen molar-refractivity contribution in [3.8, 4) is 0 Å². The zero-order valence-corrected chi connectivity index (χ0v) is 13.6. The summed E-state index contributed by atoms with van der Waals surface area (Å²) in [4.78, 5) is 31.3. The van der Waals surface area contributed by atoms with Crippen LogP contribution >= 0.6 is 11.3 Å². The van der Waals surface area contributed by atoms with Gasteiger partial charge in [-0.25, -0.2) is 9.79 Å². The van der Waals surface area contributed by atoms with Gasteiger partial charge in [0.1, 0.15) is 4.53 Å². The largest absolute Gasteiger partial charge is 0.466 e. The fourth-order valence-corrected chi connectivity index (χ4v) is 4.07. The average Bonchev–Trinajstić information content (AvgIpc) is 2.74. The van der Waals surface area contributed by atoms with Gasteiger partial charge < -0.3 is 4.74 Å². The molecule has 2 heterocycles. The van der Waals surface area contributed by atoms with Gasteiger partial charge in [0.15, 0.2) is 4.80 Å². The summed E-state index contributed by atoms with van der Waals surface area (Å²) in [6.45, 7) is 1.22. The summed E-state index contributed by atoms with van der Waals surface area (Å²) in [5.74, 6) is -0.503. The monoisotopic (exact) mass is 323 g/mol. The summed E-state index contributed by atoms with van der Waals surface area (Å²) in [6.07, 6.45) is 8.76. The van der Waals surface area contributed by atoms with Gasteiger partial charge >= 0.3 is 5.97 Å². The topological polar surface area (TPSA) is 63.9 Å². The van der Waals surface area contributed by atoms with Crippen molar-refractivity contribution >= 4 is 23.4 Å². The molecule has 0 atom stereocenters. The number of rotatable bonds is 2. The highest BCUT2D eigenvalue weighted by Gasteiger charge is 2.23. The number of fused-ring (bicyclic) bond motifs is 1. The van der Waals surface area contributed by atoms with Crippen molar-refractivity contribution in [1.29, 1.82) is 0 Å². The van der Waals surface area contributed by atoms with E-state index < -0.39 is 5.97 Å². The summed E-state index contributed by atoms with van der Waals surface area (Å²) in [5.41, 5.74) is -0.146. The van der Waals surface area contributed by atoms with Gasteiger partial charge in [-0.2, -0.15) is 0 Å². The minimum atomic E-state index is -0.503. The average molecular weight is 323 g/mol. The van der Waals surface area contributed by atoms with Crippen molar-refractivity contribution in [1.82, 2.24) is 9.47 Å². The number of thiazole rings is 1. The number of aromatic nitrogens is 1. The quantitative estimate of drug-likeness (QED) is 0.585. The molecule has 0 aromatic carbocycles. The van der Waals surface area contributed by atoms with E-state index in [1.807, 2.05) is 0 Å². The lowest BCUT2D eigenvalue weighted by Gasteiger charge is -2.31. The van der Waals surface area contributed by atoms with E-state index in [1.54, 1.807) is 4.57 Å². The summed E-state index contributed by atoms with van der Waals surface area (Å²) in [5, 5.41) is 0. The van der Waals surface area contributed by atoms with E-state index in [0.29, 0.717) is 28.7 Å². The molecule has 0 radical (unpaired) electrons. The maximum absolute atomic E-state index is 12.4. The standard InChI is InChI=1S/C15H21N3O3S/c1-21-13(19)8-12-14(20)18-10-17(9-16-15(18)22-12)11-6-4-2-3-5-7-11/h8,11H,2-7,9-10H2,1H3. The number of carbonyl (C=O) groups excluding carboxylic acids is 1. The van der Waals surface area contributed by atoms with E-state index in [9.17, 15) is 9.59 Å². The van der Waals surface area contributed by atoms with Crippen LogP contribution in [0.25, 0.3) is 6.08 Å². The van der Waals surface area contributed by atoms with Crippen LogP contribution in [-0.2, 0) is 16.2 Å². The van der Waals surface area contributed by atoms with Gasteiger partial charge in [-0.3, -0.25) is 14.3 Å². The van der Waals surface area contributed by atoms with Crippen molar-refractivity contribution < 1.29 is 9.53 Å². The lowest BCUT2D eigenvalue weighted by Crippen LogP contribution is -2.46. The molecule has 1 aliphatic carbocycles. The molecule has 0 unspecified atom stereocenters. The maximum atomic E-state index is 12.4. The van der Waals surface area contributed by atoms with Crippen molar-refractivity contribution in [2.75, 3.05) is 13.8 Å². The first-order valence-corrected chi connectivity index (χ1v) is 8.58. The molecule has 0 saturated heterocycles. The second-order valence-electron chi connectivity index (χ2n) is 5.82. The van der Waals surface area contributed by atoms with Crippen molar-refractivity contribution in [2.24, 2.45) is 4.99 Å². The number of hydrogen-bond donors (Lipinski definition) is 0. The van der Waals surface area contributed by atoms with Crippen LogP contribution in [0, 0.1) is 0 Å². The third-order valence-electron chi connectivity index (χ3n) is 4.39. The lowest BCUT2D eigenvalue weighted by atomic mass is 10.1. The number of hydrogen-bond acceptors (Lipinski definition) is 6. The maximum Gasteiger partial charge on any atom is 0.332 e. The Morgan fingerprint density at radius 1 is 1.32 bits per heavy atom. The molecule has 0 amide bonds. The summed E-state index contributed by atoms with van der Waals surface area (Å²) in [7, 11) is 1.31. The van der Waals surface area contributed by atoms with Gasteiger partial charge in [-0.05, 0) is 12.8 Å².